The minimum Gasteiger partial charge on any atom is -0.393 e. The number of likely N-dealkylation sites (N-methyl/N-ethyl adjacent to an activating group) is 2. The van der Waals surface area contributed by atoms with Gasteiger partial charge < -0.3 is 29.3 Å². The van der Waals surface area contributed by atoms with Gasteiger partial charge in [0.15, 0.2) is 5.78 Å². The number of Topliss-reactive ketones (excluding diaryl/α,β-unsaturated/α-hetero) is 2. The van der Waals surface area contributed by atoms with Crippen LogP contribution in [0, 0.1) is 35.5 Å². The van der Waals surface area contributed by atoms with Gasteiger partial charge in [0.05, 0.1) is 48.1 Å². The van der Waals surface area contributed by atoms with Crippen molar-refractivity contribution in [1.82, 2.24) is 19.6 Å². The summed E-state index contributed by atoms with van der Waals surface area (Å²) >= 11 is 1.38. The lowest BCUT2D eigenvalue weighted by Crippen LogP contribution is -2.54. The first-order valence-corrected chi connectivity index (χ1v) is 24.4. The molecule has 0 spiro atoms. The number of methoxy groups -OCH3 is 2. The van der Waals surface area contributed by atoms with Gasteiger partial charge in [-0.2, -0.15) is 11.8 Å². The van der Waals surface area contributed by atoms with E-state index in [0.29, 0.717) is 45.2 Å². The molecule has 0 aromatic carbocycles. The zero-order chi connectivity index (χ0) is 47.2. The normalized spacial score (nSPS) is 21.4. The number of hydrogen-bond donors (Lipinski definition) is 1. The van der Waals surface area contributed by atoms with Gasteiger partial charge in [0.2, 0.25) is 29.5 Å². The van der Waals surface area contributed by atoms with E-state index in [0.717, 1.165) is 6.42 Å². The summed E-state index contributed by atoms with van der Waals surface area (Å²) in [4.78, 5) is 101. The fraction of sp³-hybridized carbons (Fsp3) is 0.851. The molecule has 2 rings (SSSR count). The smallest absolute Gasteiger partial charge is 0.242 e. The summed E-state index contributed by atoms with van der Waals surface area (Å²) in [6, 6.07) is -1.53. The Labute approximate surface area is 377 Å². The number of likely N-dealkylation sites (tertiary alicyclic amines) is 2. The van der Waals surface area contributed by atoms with Crippen molar-refractivity contribution in [3.63, 3.8) is 0 Å². The van der Waals surface area contributed by atoms with Crippen LogP contribution in [-0.4, -0.2) is 155 Å². The predicted molar refractivity (Wildman–Crippen MR) is 243 cm³/mol. The van der Waals surface area contributed by atoms with Crippen molar-refractivity contribution in [2.45, 2.75) is 175 Å². The fourth-order valence-electron chi connectivity index (χ4n) is 9.38. The van der Waals surface area contributed by atoms with Crippen molar-refractivity contribution in [1.29, 1.82) is 0 Å². The molecule has 2 aliphatic heterocycles. The lowest BCUT2D eigenvalue weighted by molar-refractivity contribution is -0.149. The highest BCUT2D eigenvalue weighted by Gasteiger charge is 2.44. The summed E-state index contributed by atoms with van der Waals surface area (Å²) in [6.07, 6.45) is 4.62. The Balaban J connectivity index is 2.18. The fourth-order valence-corrected chi connectivity index (χ4v) is 10.0. The number of amides is 5. The number of rotatable bonds is 28. The van der Waals surface area contributed by atoms with Gasteiger partial charge in [-0.25, -0.2) is 0 Å². The predicted octanol–water partition coefficient (Wildman–Crippen LogP) is 5.65. The molecule has 5 amide bonds. The van der Waals surface area contributed by atoms with Gasteiger partial charge >= 0.3 is 0 Å². The number of aliphatic hydroxyl groups excluding tert-OH is 1. The summed E-state index contributed by atoms with van der Waals surface area (Å²) in [5.41, 5.74) is 0. The van der Waals surface area contributed by atoms with E-state index in [-0.39, 0.29) is 108 Å². The Hall–Kier alpha value is -2.88. The maximum absolute atomic E-state index is 14.6. The number of nitrogens with zero attached hydrogens (tertiary/aromatic N) is 4. The minimum atomic E-state index is -0.733. The molecule has 356 valence electrons. The maximum atomic E-state index is 14.6. The van der Waals surface area contributed by atoms with E-state index in [1.165, 1.54) is 21.6 Å². The van der Waals surface area contributed by atoms with Crippen LogP contribution in [0.1, 0.15) is 133 Å². The van der Waals surface area contributed by atoms with E-state index in [2.05, 4.69) is 0 Å². The molecule has 14 nitrogen and oxygen atoms in total. The zero-order valence-electron chi connectivity index (χ0n) is 40.5. The van der Waals surface area contributed by atoms with Crippen LogP contribution in [0.5, 0.6) is 0 Å². The molecule has 0 aliphatic carbocycles. The van der Waals surface area contributed by atoms with E-state index in [1.54, 1.807) is 45.0 Å². The van der Waals surface area contributed by atoms with Crippen LogP contribution in [0.4, 0.5) is 0 Å². The molecule has 0 bridgehead atoms. The molecule has 2 saturated heterocycles. The van der Waals surface area contributed by atoms with Crippen molar-refractivity contribution >= 4 is 52.9 Å². The Bertz CT molecular complexity index is 1510. The van der Waals surface area contributed by atoms with E-state index >= 15 is 0 Å². The summed E-state index contributed by atoms with van der Waals surface area (Å²) < 4.78 is 12.0. The minimum absolute atomic E-state index is 0.0119. The molecule has 1 unspecified atom stereocenters. The first kappa shape index (κ1) is 55.3. The summed E-state index contributed by atoms with van der Waals surface area (Å²) in [6.45, 7) is 17.9. The van der Waals surface area contributed by atoms with Gasteiger partial charge in [0.25, 0.3) is 0 Å². The third-order valence-electron chi connectivity index (χ3n) is 13.8. The van der Waals surface area contributed by atoms with Crippen molar-refractivity contribution in [3.05, 3.63) is 0 Å². The van der Waals surface area contributed by atoms with Gasteiger partial charge in [0, 0.05) is 78.9 Å². The highest BCUT2D eigenvalue weighted by Crippen LogP contribution is 2.32. The molecule has 1 N–H and O–H groups in total. The average Bonchev–Trinajstić information content (AvgIpc) is 3.81. The number of carbonyl (C=O) groups is 7. The number of ether oxygens (including phenoxy) is 2. The van der Waals surface area contributed by atoms with Crippen LogP contribution in [0.2, 0.25) is 0 Å². The second-order valence-corrected chi connectivity index (χ2v) is 19.9. The number of ketones is 2. The van der Waals surface area contributed by atoms with Gasteiger partial charge in [-0.1, -0.05) is 68.2 Å². The molecule has 0 aromatic rings. The standard InChI is InChI=1S/C47H82N4O10S/c1-15-30(6)44(38(60-12)26-41(56)50-23-19-20-35(50)45(61-13)32(8)36(53)24-31(7)33(9)52)49(11)46(58)34(28(2)3)25-37(54)43(29(4)5)48(10)40(55)21-17-16-18-22-51-42(57)27-39(62-14)47(51)59/h28-35,38-39,43-45,52H,15-27H2,1-14H3/t30-,31-,32-,33-,34-,35-,38+,39?,43-,44-,45+/m0/s1. The molecule has 0 saturated carbocycles. The van der Waals surface area contributed by atoms with E-state index < -0.39 is 42.2 Å². The molecular formula is C47H82N4O10S. The van der Waals surface area contributed by atoms with Crippen molar-refractivity contribution in [2.24, 2.45) is 35.5 Å². The van der Waals surface area contributed by atoms with E-state index in [4.69, 9.17) is 9.47 Å². The van der Waals surface area contributed by atoms with Crippen LogP contribution >= 0.6 is 11.8 Å². The molecule has 0 aromatic heterocycles. The summed E-state index contributed by atoms with van der Waals surface area (Å²) in [7, 11) is 6.48. The van der Waals surface area contributed by atoms with Gasteiger partial charge in [0.1, 0.15) is 5.78 Å². The number of thioether (sulfide) groups is 1. The Morgan fingerprint density at radius 3 is 2.00 bits per heavy atom. The Morgan fingerprint density at radius 2 is 1.48 bits per heavy atom. The maximum Gasteiger partial charge on any atom is 0.242 e. The summed E-state index contributed by atoms with van der Waals surface area (Å²) in [5.74, 6) is -2.87. The molecule has 15 heteroatoms. The number of imide groups is 1. The van der Waals surface area contributed by atoms with Crippen LogP contribution in [0.3, 0.4) is 0 Å². The van der Waals surface area contributed by atoms with Crippen molar-refractivity contribution in [3.8, 4) is 0 Å². The second kappa shape index (κ2) is 26.2. The quantitative estimate of drug-likeness (QED) is 0.0761. The highest BCUT2D eigenvalue weighted by molar-refractivity contribution is 8.00. The molecule has 2 aliphatic rings. The van der Waals surface area contributed by atoms with Gasteiger partial charge in [-0.05, 0) is 62.5 Å². The van der Waals surface area contributed by atoms with Gasteiger partial charge in [-0.3, -0.25) is 38.5 Å². The lowest BCUT2D eigenvalue weighted by Gasteiger charge is -2.41. The van der Waals surface area contributed by atoms with Gasteiger partial charge in [-0.15, -0.1) is 0 Å². The van der Waals surface area contributed by atoms with Crippen LogP contribution < -0.4 is 0 Å². The molecule has 0 radical (unpaired) electrons. The molecule has 62 heavy (non-hydrogen) atoms. The molecule has 2 heterocycles. The van der Waals surface area contributed by atoms with Crippen LogP contribution in [0.15, 0.2) is 0 Å². The largest absolute Gasteiger partial charge is 0.393 e. The topological polar surface area (TPSA) is 171 Å². The van der Waals surface area contributed by atoms with Crippen LogP contribution in [-0.2, 0) is 43.0 Å². The highest BCUT2D eigenvalue weighted by atomic mass is 32.2. The lowest BCUT2D eigenvalue weighted by atomic mass is 9.83. The third kappa shape index (κ3) is 14.6. The zero-order valence-corrected chi connectivity index (χ0v) is 41.3. The first-order valence-electron chi connectivity index (χ1n) is 23.1. The summed E-state index contributed by atoms with van der Waals surface area (Å²) in [5, 5.41) is 9.68. The Kier molecular flexibility index (Phi) is 23.3. The third-order valence-corrected chi connectivity index (χ3v) is 14.7. The monoisotopic (exact) mass is 895 g/mol. The number of carbonyl (C=O) groups excluding carboxylic acids is 7. The van der Waals surface area contributed by atoms with E-state index in [9.17, 15) is 38.7 Å². The molecule has 2 fully saturated rings. The first-order chi connectivity index (χ1) is 29.1. The van der Waals surface area contributed by atoms with Crippen molar-refractivity contribution in [2.75, 3.05) is 47.7 Å². The average molecular weight is 895 g/mol. The van der Waals surface area contributed by atoms with Crippen molar-refractivity contribution < 1.29 is 48.1 Å². The molecular weight excluding hydrogens is 813 g/mol. The number of unbranched alkanes of at least 4 members (excludes halogenated alkanes) is 2. The second-order valence-electron chi connectivity index (χ2n) is 18.8. The number of hydrogen-bond acceptors (Lipinski definition) is 11. The molecule has 11 atom stereocenters. The number of aliphatic hydroxyl groups is 1. The van der Waals surface area contributed by atoms with E-state index in [1.807, 2.05) is 61.6 Å². The SMILES string of the molecule is CC[C@H](C)[C@@H]([C@@H](CC(=O)N1CCC[C@H]1[C@H](OC)[C@@H](C)C(=O)C[C@H](C)[C@H](C)O)OC)N(C)C(=O)[C@@H](CC(=O)[C@H](C(C)C)N(C)C(=O)CCCCCN1C(=O)CC(SC)C1=O)C(C)C. The van der Waals surface area contributed by atoms with Crippen LogP contribution in [0.25, 0.3) is 0 Å². The Morgan fingerprint density at radius 1 is 0.839 bits per heavy atom.